The predicted octanol–water partition coefficient (Wildman–Crippen LogP) is 3.68. The van der Waals surface area contributed by atoms with Crippen molar-refractivity contribution in [3.8, 4) is 0 Å². The van der Waals surface area contributed by atoms with Crippen molar-refractivity contribution >= 4 is 17.3 Å². The van der Waals surface area contributed by atoms with Gasteiger partial charge in [0, 0.05) is 31.4 Å². The lowest BCUT2D eigenvalue weighted by Crippen LogP contribution is -2.30. The quantitative estimate of drug-likeness (QED) is 0.913. The van der Waals surface area contributed by atoms with Crippen LogP contribution in [-0.2, 0) is 19.9 Å². The fourth-order valence-electron chi connectivity index (χ4n) is 4.13. The van der Waals surface area contributed by atoms with E-state index >= 15 is 0 Å². The minimum Gasteiger partial charge on any atom is -0.369 e. The average molecular weight is 356 g/mol. The molecule has 1 aliphatic carbocycles. The maximum Gasteiger partial charge on any atom is 0.274 e. The molecular formula is C20H25FN4O. The summed E-state index contributed by atoms with van der Waals surface area (Å²) in [6, 6.07) is 4.98. The largest absolute Gasteiger partial charge is 0.369 e. The number of benzene rings is 1. The number of piperidine rings is 1. The molecule has 1 aliphatic heterocycles. The monoisotopic (exact) mass is 356 g/mol. The molecule has 4 rings (SSSR count). The van der Waals surface area contributed by atoms with Crippen LogP contribution in [0.4, 0.5) is 15.8 Å². The van der Waals surface area contributed by atoms with Gasteiger partial charge in [-0.05, 0) is 63.1 Å². The van der Waals surface area contributed by atoms with Gasteiger partial charge in [0.2, 0.25) is 0 Å². The van der Waals surface area contributed by atoms with Crippen molar-refractivity contribution in [1.29, 1.82) is 0 Å². The van der Waals surface area contributed by atoms with E-state index in [1.807, 2.05) is 0 Å². The molecule has 2 aromatic rings. The molecule has 0 spiro atoms. The first-order valence-electron chi connectivity index (χ1n) is 9.54. The molecule has 6 heteroatoms. The van der Waals surface area contributed by atoms with Crippen LogP contribution in [0, 0.1) is 5.82 Å². The van der Waals surface area contributed by atoms with E-state index < -0.39 is 0 Å². The predicted molar refractivity (Wildman–Crippen MR) is 100 cm³/mol. The third-order valence-corrected chi connectivity index (χ3v) is 5.44. The van der Waals surface area contributed by atoms with Gasteiger partial charge < -0.3 is 10.2 Å². The van der Waals surface area contributed by atoms with Gasteiger partial charge in [-0.15, -0.1) is 0 Å². The lowest BCUT2D eigenvalue weighted by molar-refractivity contribution is 0.101. The molecule has 2 heterocycles. The van der Waals surface area contributed by atoms with Crippen molar-refractivity contribution in [1.82, 2.24) is 9.78 Å². The highest BCUT2D eigenvalue weighted by molar-refractivity contribution is 6.04. The minimum atomic E-state index is -0.281. The van der Waals surface area contributed by atoms with E-state index in [-0.39, 0.29) is 11.7 Å². The number of amides is 1. The molecule has 5 nitrogen and oxygen atoms in total. The third kappa shape index (κ3) is 3.20. The Balaban J connectivity index is 1.53. The summed E-state index contributed by atoms with van der Waals surface area (Å²) < 4.78 is 16.2. The maximum atomic E-state index is 14.6. The van der Waals surface area contributed by atoms with Crippen LogP contribution in [-0.4, -0.2) is 28.8 Å². The van der Waals surface area contributed by atoms with Crippen LogP contribution in [0.25, 0.3) is 0 Å². The molecule has 138 valence electrons. The number of aryl methyl sites for hydroxylation is 2. The first-order chi connectivity index (χ1) is 12.6. The van der Waals surface area contributed by atoms with Crippen molar-refractivity contribution in [2.75, 3.05) is 23.3 Å². The lowest BCUT2D eigenvalue weighted by atomic mass is 9.95. The van der Waals surface area contributed by atoms with Crippen molar-refractivity contribution in [3.63, 3.8) is 0 Å². The Hall–Kier alpha value is -2.37. The number of halogens is 1. The summed E-state index contributed by atoms with van der Waals surface area (Å²) in [5.74, 6) is -0.495. The van der Waals surface area contributed by atoms with E-state index in [2.05, 4.69) is 15.3 Å². The molecule has 1 saturated heterocycles. The number of carbonyl (C=O) groups excluding carboxylic acids is 1. The molecule has 2 aliphatic rings. The summed E-state index contributed by atoms with van der Waals surface area (Å²) in [6.07, 6.45) is 7.42. The van der Waals surface area contributed by atoms with Crippen molar-refractivity contribution < 1.29 is 9.18 Å². The second kappa shape index (κ2) is 7.09. The van der Waals surface area contributed by atoms with Gasteiger partial charge in [-0.2, -0.15) is 5.10 Å². The summed E-state index contributed by atoms with van der Waals surface area (Å²) in [6.45, 7) is 1.79. The fourth-order valence-corrected chi connectivity index (χ4v) is 4.13. The number of hydrogen-bond acceptors (Lipinski definition) is 3. The molecule has 0 saturated carbocycles. The van der Waals surface area contributed by atoms with E-state index in [1.54, 1.807) is 23.9 Å². The molecule has 1 amide bonds. The van der Waals surface area contributed by atoms with Crippen LogP contribution in [0.2, 0.25) is 0 Å². The Morgan fingerprint density at radius 1 is 1.12 bits per heavy atom. The molecular weight excluding hydrogens is 331 g/mol. The van der Waals surface area contributed by atoms with Gasteiger partial charge in [-0.1, -0.05) is 0 Å². The Morgan fingerprint density at radius 2 is 1.88 bits per heavy atom. The van der Waals surface area contributed by atoms with Gasteiger partial charge in [0.1, 0.15) is 11.5 Å². The van der Waals surface area contributed by atoms with Crippen LogP contribution in [0.3, 0.4) is 0 Å². The zero-order valence-corrected chi connectivity index (χ0v) is 15.2. The van der Waals surface area contributed by atoms with E-state index in [0.717, 1.165) is 62.9 Å². The third-order valence-electron chi connectivity index (χ3n) is 5.44. The topological polar surface area (TPSA) is 50.2 Å². The number of rotatable bonds is 3. The smallest absolute Gasteiger partial charge is 0.274 e. The molecule has 0 unspecified atom stereocenters. The highest BCUT2D eigenvalue weighted by atomic mass is 19.1. The molecule has 1 fully saturated rings. The molecule has 1 N–H and O–H groups in total. The lowest BCUT2D eigenvalue weighted by Gasteiger charge is -2.29. The second-order valence-electron chi connectivity index (χ2n) is 7.27. The number of fused-ring (bicyclic) bond motifs is 1. The van der Waals surface area contributed by atoms with E-state index in [0.29, 0.717) is 17.1 Å². The standard InChI is InChI=1S/C20H25FN4O/c1-24-19(15-7-3-4-8-17(15)23-24)20(26)22-14-9-10-18(16(21)13-14)25-11-5-2-6-12-25/h9-10,13H,2-8,11-12H2,1H3,(H,22,26). The number of anilines is 2. The SMILES string of the molecule is Cn1nc2c(c1C(=O)Nc1ccc(N3CCCCC3)c(F)c1)CCCC2. The van der Waals surface area contributed by atoms with Crippen molar-refractivity contribution in [3.05, 3.63) is 41.0 Å². The van der Waals surface area contributed by atoms with Gasteiger partial charge in [0.05, 0.1) is 11.4 Å². The molecule has 26 heavy (non-hydrogen) atoms. The van der Waals surface area contributed by atoms with Gasteiger partial charge in [-0.25, -0.2) is 4.39 Å². The summed E-state index contributed by atoms with van der Waals surface area (Å²) >= 11 is 0. The van der Waals surface area contributed by atoms with Gasteiger partial charge >= 0.3 is 0 Å². The Bertz CT molecular complexity index is 823. The second-order valence-corrected chi connectivity index (χ2v) is 7.27. The van der Waals surface area contributed by atoms with Crippen LogP contribution in [0.1, 0.15) is 53.8 Å². The average Bonchev–Trinajstić information content (AvgIpc) is 2.98. The van der Waals surface area contributed by atoms with Gasteiger partial charge in [0.15, 0.2) is 0 Å². The van der Waals surface area contributed by atoms with Crippen LogP contribution >= 0.6 is 0 Å². The minimum absolute atomic E-state index is 0.215. The number of nitrogens with one attached hydrogen (secondary N) is 1. The van der Waals surface area contributed by atoms with Gasteiger partial charge in [-0.3, -0.25) is 9.48 Å². The Morgan fingerprint density at radius 3 is 2.65 bits per heavy atom. The van der Waals surface area contributed by atoms with Crippen LogP contribution in [0.5, 0.6) is 0 Å². The van der Waals surface area contributed by atoms with Crippen LogP contribution in [0.15, 0.2) is 18.2 Å². The number of aromatic nitrogens is 2. The van der Waals surface area contributed by atoms with E-state index in [9.17, 15) is 9.18 Å². The van der Waals surface area contributed by atoms with Crippen molar-refractivity contribution in [2.45, 2.75) is 44.9 Å². The zero-order chi connectivity index (χ0) is 18.1. The fraction of sp³-hybridized carbons (Fsp3) is 0.500. The molecule has 0 radical (unpaired) electrons. The van der Waals surface area contributed by atoms with Crippen LogP contribution < -0.4 is 10.2 Å². The summed E-state index contributed by atoms with van der Waals surface area (Å²) in [4.78, 5) is 14.8. The zero-order valence-electron chi connectivity index (χ0n) is 15.2. The first kappa shape index (κ1) is 17.1. The molecule has 0 bridgehead atoms. The highest BCUT2D eigenvalue weighted by Crippen LogP contribution is 2.27. The van der Waals surface area contributed by atoms with E-state index in [1.165, 1.54) is 12.5 Å². The highest BCUT2D eigenvalue weighted by Gasteiger charge is 2.24. The molecule has 0 atom stereocenters. The Kier molecular flexibility index (Phi) is 4.66. The maximum absolute atomic E-state index is 14.6. The number of nitrogens with zero attached hydrogens (tertiary/aromatic N) is 3. The van der Waals surface area contributed by atoms with Gasteiger partial charge in [0.25, 0.3) is 5.91 Å². The first-order valence-corrected chi connectivity index (χ1v) is 9.54. The number of carbonyl (C=O) groups is 1. The summed E-state index contributed by atoms with van der Waals surface area (Å²) in [5, 5.41) is 7.33. The Labute approximate surface area is 153 Å². The molecule has 1 aromatic heterocycles. The molecule has 1 aromatic carbocycles. The summed E-state index contributed by atoms with van der Waals surface area (Å²) in [5.41, 5.74) is 3.78. The van der Waals surface area contributed by atoms with Crippen molar-refractivity contribution in [2.24, 2.45) is 7.05 Å². The normalized spacial score (nSPS) is 17.1. The number of hydrogen-bond donors (Lipinski definition) is 1. The van der Waals surface area contributed by atoms with E-state index in [4.69, 9.17) is 0 Å². The summed E-state index contributed by atoms with van der Waals surface area (Å²) in [7, 11) is 1.80.